The third kappa shape index (κ3) is 5.28. The van der Waals surface area contributed by atoms with Crippen LogP contribution in [0.1, 0.15) is 19.3 Å². The third-order valence-electron chi connectivity index (χ3n) is 5.85. The molecule has 1 aromatic rings. The van der Waals surface area contributed by atoms with E-state index < -0.39 is 0 Å². The van der Waals surface area contributed by atoms with Crippen molar-refractivity contribution in [1.29, 1.82) is 0 Å². The zero-order chi connectivity index (χ0) is 19.2. The van der Waals surface area contributed by atoms with Crippen molar-refractivity contribution in [1.82, 2.24) is 15.1 Å². The second-order valence-corrected chi connectivity index (χ2v) is 8.11. The highest BCUT2D eigenvalue weighted by molar-refractivity contribution is 5.73. The van der Waals surface area contributed by atoms with Crippen molar-refractivity contribution in [2.24, 2.45) is 11.8 Å². The zero-order valence-corrected chi connectivity index (χ0v) is 17.0. The molecule has 3 rings (SSSR count). The number of anilines is 1. The Bertz CT molecular complexity index is 624. The molecule has 2 saturated heterocycles. The molecule has 1 N–H and O–H groups in total. The molecular weight excluding hydrogens is 340 g/mol. The van der Waals surface area contributed by atoms with Crippen molar-refractivity contribution in [3.63, 3.8) is 0 Å². The van der Waals surface area contributed by atoms with Crippen molar-refractivity contribution < 1.29 is 9.53 Å². The molecule has 2 heterocycles. The Hall–Kier alpha value is -1.95. The number of likely N-dealkylation sites (tertiary alicyclic amines) is 1. The van der Waals surface area contributed by atoms with Crippen LogP contribution in [0.25, 0.3) is 0 Å². The first-order valence-corrected chi connectivity index (χ1v) is 10.1. The second kappa shape index (κ2) is 9.31. The van der Waals surface area contributed by atoms with Gasteiger partial charge in [0.25, 0.3) is 0 Å². The third-order valence-corrected chi connectivity index (χ3v) is 5.85. The highest BCUT2D eigenvalue weighted by Crippen LogP contribution is 2.31. The van der Waals surface area contributed by atoms with E-state index >= 15 is 0 Å². The normalized spacial score (nSPS) is 23.3. The summed E-state index contributed by atoms with van der Waals surface area (Å²) >= 11 is 0. The number of carbonyl (C=O) groups is 1. The average Bonchev–Trinajstić information content (AvgIpc) is 3.15. The second-order valence-electron chi connectivity index (χ2n) is 8.11. The molecule has 27 heavy (non-hydrogen) atoms. The monoisotopic (exact) mass is 374 g/mol. The van der Waals surface area contributed by atoms with Gasteiger partial charge in [-0.3, -0.25) is 0 Å². The molecule has 0 aromatic heterocycles. The van der Waals surface area contributed by atoms with Gasteiger partial charge in [0.2, 0.25) is 0 Å². The molecule has 2 unspecified atom stereocenters. The van der Waals surface area contributed by atoms with Crippen LogP contribution in [-0.4, -0.2) is 76.3 Å². The quantitative estimate of drug-likeness (QED) is 0.831. The van der Waals surface area contributed by atoms with Gasteiger partial charge in [0.1, 0.15) is 5.75 Å². The van der Waals surface area contributed by atoms with Gasteiger partial charge >= 0.3 is 6.03 Å². The highest BCUT2D eigenvalue weighted by Gasteiger charge is 2.26. The Labute approximate surface area is 163 Å². The van der Waals surface area contributed by atoms with Gasteiger partial charge in [-0.25, -0.2) is 4.79 Å². The largest absolute Gasteiger partial charge is 0.495 e. The Morgan fingerprint density at radius 2 is 2.04 bits per heavy atom. The van der Waals surface area contributed by atoms with Crippen LogP contribution in [0.5, 0.6) is 5.75 Å². The average molecular weight is 375 g/mol. The molecule has 0 aliphatic carbocycles. The number of rotatable bonds is 6. The van der Waals surface area contributed by atoms with Gasteiger partial charge in [0.15, 0.2) is 0 Å². The van der Waals surface area contributed by atoms with Crippen LogP contribution in [0.15, 0.2) is 24.3 Å². The Morgan fingerprint density at radius 3 is 2.81 bits per heavy atom. The first-order valence-electron chi connectivity index (χ1n) is 10.1. The minimum atomic E-state index is 0.0546. The molecule has 2 fully saturated rings. The summed E-state index contributed by atoms with van der Waals surface area (Å²) in [5.41, 5.74) is 1.15. The molecule has 2 amide bonds. The minimum absolute atomic E-state index is 0.0546. The van der Waals surface area contributed by atoms with Gasteiger partial charge in [0.05, 0.1) is 12.8 Å². The summed E-state index contributed by atoms with van der Waals surface area (Å²) in [6.07, 6.45) is 3.55. The molecule has 0 saturated carbocycles. The van der Waals surface area contributed by atoms with Crippen molar-refractivity contribution in [3.8, 4) is 5.75 Å². The lowest BCUT2D eigenvalue weighted by Crippen LogP contribution is -2.44. The lowest BCUT2D eigenvalue weighted by molar-refractivity contribution is 0.163. The number of hydrogen-bond donors (Lipinski definition) is 1. The molecule has 0 radical (unpaired) electrons. The van der Waals surface area contributed by atoms with Crippen LogP contribution >= 0.6 is 0 Å². The fourth-order valence-electron chi connectivity index (χ4n) is 4.37. The van der Waals surface area contributed by atoms with Crippen molar-refractivity contribution in [3.05, 3.63) is 24.3 Å². The smallest absolute Gasteiger partial charge is 0.317 e. The lowest BCUT2D eigenvalue weighted by atomic mass is 9.98. The predicted molar refractivity (Wildman–Crippen MR) is 110 cm³/mol. The van der Waals surface area contributed by atoms with Crippen molar-refractivity contribution in [2.75, 3.05) is 65.4 Å². The van der Waals surface area contributed by atoms with E-state index in [0.29, 0.717) is 11.8 Å². The number of urea groups is 1. The number of amides is 2. The van der Waals surface area contributed by atoms with E-state index in [1.165, 1.54) is 19.4 Å². The summed E-state index contributed by atoms with van der Waals surface area (Å²) in [7, 11) is 5.80. The molecule has 2 atom stereocenters. The van der Waals surface area contributed by atoms with Crippen LogP contribution in [0.2, 0.25) is 0 Å². The summed E-state index contributed by atoms with van der Waals surface area (Å²) in [6, 6.07) is 8.20. The van der Waals surface area contributed by atoms with E-state index in [4.69, 9.17) is 4.74 Å². The Morgan fingerprint density at radius 1 is 1.22 bits per heavy atom. The summed E-state index contributed by atoms with van der Waals surface area (Å²) < 4.78 is 5.48. The van der Waals surface area contributed by atoms with Crippen molar-refractivity contribution in [2.45, 2.75) is 19.3 Å². The maximum atomic E-state index is 12.5. The van der Waals surface area contributed by atoms with E-state index in [0.717, 1.165) is 50.6 Å². The maximum absolute atomic E-state index is 12.5. The number of ether oxygens (including phenoxy) is 1. The van der Waals surface area contributed by atoms with Crippen LogP contribution < -0.4 is 15.0 Å². The molecular formula is C21H34N4O2. The summed E-state index contributed by atoms with van der Waals surface area (Å²) in [5.74, 6) is 1.99. The molecule has 1 aromatic carbocycles. The number of piperidine rings is 1. The number of benzene rings is 1. The standard InChI is InChI=1S/C21H34N4O2/c1-23-11-6-7-18(14-23)15-24(2)21(26)22-13-17-10-12-25(16-17)19-8-4-5-9-20(19)27-3/h4-5,8-9,17-18H,6-7,10-16H2,1-3H3,(H,22,26). The Balaban J connectivity index is 1.43. The van der Waals surface area contributed by atoms with E-state index in [-0.39, 0.29) is 6.03 Å². The molecule has 2 aliphatic rings. The van der Waals surface area contributed by atoms with Crippen LogP contribution in [0, 0.1) is 11.8 Å². The number of carbonyl (C=O) groups excluding carboxylic acids is 1. The summed E-state index contributed by atoms with van der Waals surface area (Å²) in [4.78, 5) is 19.1. The van der Waals surface area contributed by atoms with E-state index in [1.807, 2.05) is 30.1 Å². The topological polar surface area (TPSA) is 48.1 Å². The maximum Gasteiger partial charge on any atom is 0.317 e. The van der Waals surface area contributed by atoms with Crippen LogP contribution in [0.4, 0.5) is 10.5 Å². The highest BCUT2D eigenvalue weighted by atomic mass is 16.5. The Kier molecular flexibility index (Phi) is 6.83. The minimum Gasteiger partial charge on any atom is -0.495 e. The van der Waals surface area contributed by atoms with Gasteiger partial charge in [-0.1, -0.05) is 12.1 Å². The first-order chi connectivity index (χ1) is 13.1. The number of nitrogens with one attached hydrogen (secondary N) is 1. The fourth-order valence-corrected chi connectivity index (χ4v) is 4.37. The van der Waals surface area contributed by atoms with Gasteiger partial charge in [-0.15, -0.1) is 0 Å². The molecule has 0 bridgehead atoms. The summed E-state index contributed by atoms with van der Waals surface area (Å²) in [6.45, 7) is 5.81. The van der Waals surface area contributed by atoms with E-state index in [9.17, 15) is 4.79 Å². The SMILES string of the molecule is COc1ccccc1N1CCC(CNC(=O)N(C)CC2CCCN(C)C2)C1. The zero-order valence-electron chi connectivity index (χ0n) is 17.0. The number of methoxy groups -OCH3 is 1. The molecule has 6 nitrogen and oxygen atoms in total. The van der Waals surface area contributed by atoms with Gasteiger partial charge in [-0.2, -0.15) is 0 Å². The summed E-state index contributed by atoms with van der Waals surface area (Å²) in [5, 5.41) is 3.14. The molecule has 6 heteroatoms. The van der Waals surface area contributed by atoms with E-state index in [2.05, 4.69) is 28.2 Å². The van der Waals surface area contributed by atoms with E-state index in [1.54, 1.807) is 7.11 Å². The number of nitrogens with zero attached hydrogens (tertiary/aromatic N) is 3. The molecule has 2 aliphatic heterocycles. The fraction of sp³-hybridized carbons (Fsp3) is 0.667. The first kappa shape index (κ1) is 19.8. The van der Waals surface area contributed by atoms with Crippen LogP contribution in [0.3, 0.4) is 0 Å². The van der Waals surface area contributed by atoms with Crippen molar-refractivity contribution >= 4 is 11.7 Å². The molecule has 150 valence electrons. The number of para-hydroxylation sites is 2. The predicted octanol–water partition coefficient (Wildman–Crippen LogP) is 2.50. The van der Waals surface area contributed by atoms with Gasteiger partial charge in [0, 0.05) is 39.8 Å². The number of hydrogen-bond acceptors (Lipinski definition) is 4. The molecule has 0 spiro atoms. The van der Waals surface area contributed by atoms with Crippen LogP contribution in [-0.2, 0) is 0 Å². The van der Waals surface area contributed by atoms with Gasteiger partial charge in [-0.05, 0) is 56.8 Å². The van der Waals surface area contributed by atoms with Gasteiger partial charge < -0.3 is 24.8 Å². The lowest BCUT2D eigenvalue weighted by Gasteiger charge is -2.32.